The van der Waals surface area contributed by atoms with E-state index in [1.165, 1.54) is 30.6 Å². The summed E-state index contributed by atoms with van der Waals surface area (Å²) in [5.41, 5.74) is 5.55. The third-order valence-electron chi connectivity index (χ3n) is 2.61. The first kappa shape index (κ1) is 13.1. The molecule has 3 nitrogen and oxygen atoms in total. The monoisotopic (exact) mass is 266 g/mol. The molecule has 1 aromatic carbocycles. The number of aromatic nitrogens is 1. The maximum absolute atomic E-state index is 12.4. The molecule has 0 radical (unpaired) electrons. The molecule has 98 valence electrons. The Morgan fingerprint density at radius 3 is 2.26 bits per heavy atom. The maximum Gasteiger partial charge on any atom is 0.416 e. The molecule has 2 N–H and O–H groups in total. The van der Waals surface area contributed by atoms with Gasteiger partial charge in [0.15, 0.2) is 0 Å². The summed E-state index contributed by atoms with van der Waals surface area (Å²) >= 11 is 0. The van der Waals surface area contributed by atoms with Crippen molar-refractivity contribution < 1.29 is 18.0 Å². The van der Waals surface area contributed by atoms with Gasteiger partial charge in [-0.2, -0.15) is 13.2 Å². The van der Waals surface area contributed by atoms with Crippen molar-refractivity contribution in [1.82, 2.24) is 4.98 Å². The standard InChI is InChI=1S/C13H9F3N2O/c14-13(15,16)9-3-1-8(2-4-9)10-5-6-18-7-11(10)12(17)19/h1-7H,(H2,17,19). The summed E-state index contributed by atoms with van der Waals surface area (Å²) < 4.78 is 37.3. The number of rotatable bonds is 2. The number of halogens is 3. The summed E-state index contributed by atoms with van der Waals surface area (Å²) in [6, 6.07) is 6.04. The number of carbonyl (C=O) groups is 1. The van der Waals surface area contributed by atoms with Crippen LogP contribution in [-0.4, -0.2) is 10.9 Å². The van der Waals surface area contributed by atoms with E-state index in [9.17, 15) is 18.0 Å². The molecule has 0 saturated carbocycles. The van der Waals surface area contributed by atoms with Crippen LogP contribution in [0.2, 0.25) is 0 Å². The topological polar surface area (TPSA) is 56.0 Å². The predicted octanol–water partition coefficient (Wildman–Crippen LogP) is 2.87. The normalized spacial score (nSPS) is 11.3. The first-order valence-electron chi connectivity index (χ1n) is 5.31. The van der Waals surface area contributed by atoms with Gasteiger partial charge in [0.05, 0.1) is 11.1 Å². The second kappa shape index (κ2) is 4.72. The van der Waals surface area contributed by atoms with E-state index in [1.54, 1.807) is 0 Å². The number of benzene rings is 1. The van der Waals surface area contributed by atoms with Gasteiger partial charge in [-0.05, 0) is 29.3 Å². The maximum atomic E-state index is 12.4. The van der Waals surface area contributed by atoms with Gasteiger partial charge in [0.2, 0.25) is 0 Å². The SMILES string of the molecule is NC(=O)c1cnccc1-c1ccc(C(F)(F)F)cc1. The van der Waals surface area contributed by atoms with Crippen LogP contribution in [-0.2, 0) is 6.18 Å². The fourth-order valence-corrected chi connectivity index (χ4v) is 1.68. The molecule has 1 aromatic heterocycles. The Kier molecular flexibility index (Phi) is 3.25. The number of carbonyl (C=O) groups excluding carboxylic acids is 1. The number of hydrogen-bond donors (Lipinski definition) is 1. The number of nitrogens with zero attached hydrogens (tertiary/aromatic N) is 1. The fourth-order valence-electron chi connectivity index (χ4n) is 1.68. The van der Waals surface area contributed by atoms with E-state index in [-0.39, 0.29) is 5.56 Å². The molecule has 0 bridgehead atoms. The molecule has 0 aliphatic rings. The molecule has 1 heterocycles. The van der Waals surface area contributed by atoms with Crippen LogP contribution in [0.25, 0.3) is 11.1 Å². The lowest BCUT2D eigenvalue weighted by Gasteiger charge is -2.09. The Balaban J connectivity index is 2.46. The molecule has 0 spiro atoms. The van der Waals surface area contributed by atoms with Crippen molar-refractivity contribution in [2.45, 2.75) is 6.18 Å². The fraction of sp³-hybridized carbons (Fsp3) is 0.0769. The van der Waals surface area contributed by atoms with Gasteiger partial charge in [-0.1, -0.05) is 12.1 Å². The molecule has 0 unspecified atom stereocenters. The summed E-state index contributed by atoms with van der Waals surface area (Å²) in [5.74, 6) is -0.678. The third-order valence-corrected chi connectivity index (χ3v) is 2.61. The van der Waals surface area contributed by atoms with E-state index < -0.39 is 17.6 Å². The van der Waals surface area contributed by atoms with Crippen LogP contribution in [0.5, 0.6) is 0 Å². The van der Waals surface area contributed by atoms with Crippen LogP contribution in [0, 0.1) is 0 Å². The first-order chi connectivity index (χ1) is 8.89. The molecule has 0 fully saturated rings. The molecule has 0 aliphatic heterocycles. The summed E-state index contributed by atoms with van der Waals surface area (Å²) in [4.78, 5) is 15.0. The lowest BCUT2D eigenvalue weighted by Crippen LogP contribution is -2.12. The highest BCUT2D eigenvalue weighted by atomic mass is 19.4. The zero-order chi connectivity index (χ0) is 14.0. The Morgan fingerprint density at radius 2 is 1.74 bits per heavy atom. The number of hydrogen-bond acceptors (Lipinski definition) is 2. The van der Waals surface area contributed by atoms with Gasteiger partial charge in [0.1, 0.15) is 0 Å². The average Bonchev–Trinajstić information content (AvgIpc) is 2.38. The van der Waals surface area contributed by atoms with E-state index >= 15 is 0 Å². The number of alkyl halides is 3. The molecule has 6 heteroatoms. The van der Waals surface area contributed by atoms with E-state index in [2.05, 4.69) is 4.98 Å². The zero-order valence-corrected chi connectivity index (χ0v) is 9.61. The second-order valence-corrected chi connectivity index (χ2v) is 3.86. The number of primary amides is 1. The van der Waals surface area contributed by atoms with Crippen LogP contribution in [0.3, 0.4) is 0 Å². The van der Waals surface area contributed by atoms with Crippen molar-refractivity contribution in [1.29, 1.82) is 0 Å². The van der Waals surface area contributed by atoms with Crippen molar-refractivity contribution in [3.8, 4) is 11.1 Å². The largest absolute Gasteiger partial charge is 0.416 e. The van der Waals surface area contributed by atoms with Gasteiger partial charge in [-0.25, -0.2) is 0 Å². The van der Waals surface area contributed by atoms with Gasteiger partial charge in [0, 0.05) is 12.4 Å². The first-order valence-corrected chi connectivity index (χ1v) is 5.31. The quantitative estimate of drug-likeness (QED) is 0.908. The molecule has 2 rings (SSSR count). The summed E-state index contributed by atoms with van der Waals surface area (Å²) in [6.07, 6.45) is -1.65. The minimum Gasteiger partial charge on any atom is -0.366 e. The van der Waals surface area contributed by atoms with Crippen LogP contribution in [0.4, 0.5) is 13.2 Å². The van der Waals surface area contributed by atoms with Gasteiger partial charge >= 0.3 is 6.18 Å². The van der Waals surface area contributed by atoms with Crippen molar-refractivity contribution in [3.63, 3.8) is 0 Å². The molecule has 0 aliphatic carbocycles. The molecular weight excluding hydrogens is 257 g/mol. The number of amides is 1. The number of nitrogens with two attached hydrogens (primary N) is 1. The average molecular weight is 266 g/mol. The van der Waals surface area contributed by atoms with Crippen molar-refractivity contribution >= 4 is 5.91 Å². The Morgan fingerprint density at radius 1 is 1.11 bits per heavy atom. The highest BCUT2D eigenvalue weighted by Gasteiger charge is 2.30. The van der Waals surface area contributed by atoms with Gasteiger partial charge in [0.25, 0.3) is 5.91 Å². The van der Waals surface area contributed by atoms with E-state index in [1.807, 2.05) is 0 Å². The Bertz CT molecular complexity index is 606. The highest BCUT2D eigenvalue weighted by Crippen LogP contribution is 2.31. The summed E-state index contributed by atoms with van der Waals surface area (Å²) in [7, 11) is 0. The van der Waals surface area contributed by atoms with Crippen molar-refractivity contribution in [3.05, 3.63) is 53.9 Å². The lowest BCUT2D eigenvalue weighted by molar-refractivity contribution is -0.137. The molecule has 0 atom stereocenters. The molecule has 2 aromatic rings. The van der Waals surface area contributed by atoms with Crippen LogP contribution < -0.4 is 5.73 Å². The molecule has 1 amide bonds. The van der Waals surface area contributed by atoms with E-state index in [0.29, 0.717) is 11.1 Å². The van der Waals surface area contributed by atoms with Crippen LogP contribution in [0.1, 0.15) is 15.9 Å². The van der Waals surface area contributed by atoms with Crippen molar-refractivity contribution in [2.75, 3.05) is 0 Å². The minimum absolute atomic E-state index is 0.169. The third kappa shape index (κ3) is 2.73. The Labute approximate surface area is 106 Å². The van der Waals surface area contributed by atoms with Crippen LogP contribution >= 0.6 is 0 Å². The Hall–Kier alpha value is -2.37. The summed E-state index contributed by atoms with van der Waals surface area (Å²) in [5, 5.41) is 0. The van der Waals surface area contributed by atoms with E-state index in [4.69, 9.17) is 5.73 Å². The predicted molar refractivity (Wildman–Crippen MR) is 63.2 cm³/mol. The second-order valence-electron chi connectivity index (χ2n) is 3.86. The van der Waals surface area contributed by atoms with Gasteiger partial charge < -0.3 is 5.73 Å². The summed E-state index contributed by atoms with van der Waals surface area (Å²) in [6.45, 7) is 0. The molecule has 0 saturated heterocycles. The van der Waals surface area contributed by atoms with Gasteiger partial charge in [-0.15, -0.1) is 0 Å². The molecule has 19 heavy (non-hydrogen) atoms. The van der Waals surface area contributed by atoms with Gasteiger partial charge in [-0.3, -0.25) is 9.78 Å². The minimum atomic E-state index is -4.39. The van der Waals surface area contributed by atoms with E-state index in [0.717, 1.165) is 12.1 Å². The lowest BCUT2D eigenvalue weighted by atomic mass is 10.00. The highest BCUT2D eigenvalue weighted by molar-refractivity contribution is 5.99. The van der Waals surface area contributed by atoms with Crippen molar-refractivity contribution in [2.24, 2.45) is 5.73 Å². The molecular formula is C13H9F3N2O. The smallest absolute Gasteiger partial charge is 0.366 e. The number of pyridine rings is 1. The van der Waals surface area contributed by atoms with Crippen LogP contribution in [0.15, 0.2) is 42.7 Å². The zero-order valence-electron chi connectivity index (χ0n) is 9.61.